The molecule has 0 bridgehead atoms. The highest BCUT2D eigenvalue weighted by Gasteiger charge is 2.09. The van der Waals surface area contributed by atoms with Crippen LogP contribution in [0.4, 0.5) is 0 Å². The Bertz CT molecular complexity index is 464. The van der Waals surface area contributed by atoms with E-state index in [9.17, 15) is 4.79 Å². The van der Waals surface area contributed by atoms with Crippen LogP contribution in [0.5, 0.6) is 11.5 Å². The number of carbonyl (C=O) groups excluding carboxylic acids is 1. The second kappa shape index (κ2) is 6.10. The fraction of sp³-hybridized carbons (Fsp3) is 0.357. The number of hydrogen-bond acceptors (Lipinski definition) is 4. The van der Waals surface area contributed by atoms with Crippen molar-refractivity contribution in [1.29, 1.82) is 0 Å². The molecule has 1 aromatic rings. The van der Waals surface area contributed by atoms with Crippen LogP contribution in [0.2, 0.25) is 0 Å². The molecule has 0 fully saturated rings. The zero-order valence-electron chi connectivity index (χ0n) is 11.5. The molecule has 98 valence electrons. The number of nitrogens with zero attached hydrogens (tertiary/aromatic N) is 1. The Kier molecular flexibility index (Phi) is 4.77. The van der Waals surface area contributed by atoms with Gasteiger partial charge in [0.25, 0.3) is 0 Å². The number of allylic oxidation sites excluding steroid dienone is 2. The average Bonchev–Trinajstić information content (AvgIpc) is 2.37. The van der Waals surface area contributed by atoms with Gasteiger partial charge in [0.2, 0.25) is 0 Å². The molecular formula is C14H19NO3. The molecule has 0 radical (unpaired) electrons. The quantitative estimate of drug-likeness (QED) is 0.593. The van der Waals surface area contributed by atoms with E-state index < -0.39 is 0 Å². The number of ether oxygens (including phenoxy) is 2. The topological polar surface area (TPSA) is 38.8 Å². The molecule has 18 heavy (non-hydrogen) atoms. The molecule has 0 amide bonds. The second-order valence-corrected chi connectivity index (χ2v) is 4.11. The minimum atomic E-state index is -0.0536. The maximum Gasteiger partial charge on any atom is 0.187 e. The standard InChI is InChI=1S/C14H19NO3/c1-10(15(2)3)8-12(16)11-6-7-13(17-4)14(9-11)18-5/h6-9H,1-5H3. The van der Waals surface area contributed by atoms with E-state index in [1.54, 1.807) is 38.5 Å². The zero-order chi connectivity index (χ0) is 13.7. The predicted octanol–water partition coefficient (Wildman–Crippen LogP) is 2.35. The monoisotopic (exact) mass is 249 g/mol. The Hall–Kier alpha value is -1.97. The highest BCUT2D eigenvalue weighted by molar-refractivity contribution is 6.05. The van der Waals surface area contributed by atoms with Crippen molar-refractivity contribution in [1.82, 2.24) is 4.90 Å². The molecule has 0 saturated carbocycles. The summed E-state index contributed by atoms with van der Waals surface area (Å²) < 4.78 is 10.3. The van der Waals surface area contributed by atoms with Gasteiger partial charge in [0.1, 0.15) is 0 Å². The lowest BCUT2D eigenvalue weighted by Crippen LogP contribution is -2.10. The number of ketones is 1. The average molecular weight is 249 g/mol. The van der Waals surface area contributed by atoms with Gasteiger partial charge in [-0.05, 0) is 25.1 Å². The predicted molar refractivity (Wildman–Crippen MR) is 71.3 cm³/mol. The molecule has 0 spiro atoms. The molecule has 0 aliphatic carbocycles. The third-order valence-electron chi connectivity index (χ3n) is 2.71. The first-order valence-electron chi connectivity index (χ1n) is 5.61. The fourth-order valence-electron chi connectivity index (χ4n) is 1.39. The minimum absolute atomic E-state index is 0.0536. The van der Waals surface area contributed by atoms with E-state index in [4.69, 9.17) is 9.47 Å². The highest BCUT2D eigenvalue weighted by Crippen LogP contribution is 2.27. The summed E-state index contributed by atoms with van der Waals surface area (Å²) in [6.07, 6.45) is 1.60. The van der Waals surface area contributed by atoms with Gasteiger partial charge in [0.15, 0.2) is 17.3 Å². The third-order valence-corrected chi connectivity index (χ3v) is 2.71. The van der Waals surface area contributed by atoms with Crippen LogP contribution in [0.25, 0.3) is 0 Å². The lowest BCUT2D eigenvalue weighted by molar-refractivity contribution is 0.104. The van der Waals surface area contributed by atoms with Gasteiger partial charge in [-0.1, -0.05) is 0 Å². The van der Waals surface area contributed by atoms with Crippen LogP contribution in [0, 0.1) is 0 Å². The number of methoxy groups -OCH3 is 2. The molecule has 1 aromatic carbocycles. The van der Waals surface area contributed by atoms with Crippen molar-refractivity contribution in [3.8, 4) is 11.5 Å². The number of rotatable bonds is 5. The van der Waals surface area contributed by atoms with Gasteiger partial charge < -0.3 is 14.4 Å². The highest BCUT2D eigenvalue weighted by atomic mass is 16.5. The van der Waals surface area contributed by atoms with Crippen LogP contribution in [-0.4, -0.2) is 39.0 Å². The number of carbonyl (C=O) groups is 1. The summed E-state index contributed by atoms with van der Waals surface area (Å²) in [5, 5.41) is 0. The summed E-state index contributed by atoms with van der Waals surface area (Å²) in [7, 11) is 6.91. The maximum absolute atomic E-state index is 12.0. The van der Waals surface area contributed by atoms with Gasteiger partial charge in [0, 0.05) is 31.4 Å². The Morgan fingerprint density at radius 3 is 2.28 bits per heavy atom. The molecule has 4 nitrogen and oxygen atoms in total. The van der Waals surface area contributed by atoms with Crippen LogP contribution in [0.1, 0.15) is 17.3 Å². The van der Waals surface area contributed by atoms with Crippen molar-refractivity contribution in [3.63, 3.8) is 0 Å². The molecule has 4 heteroatoms. The zero-order valence-corrected chi connectivity index (χ0v) is 11.5. The Morgan fingerprint density at radius 2 is 1.78 bits per heavy atom. The molecule has 0 aromatic heterocycles. The van der Waals surface area contributed by atoms with E-state index in [1.807, 2.05) is 25.9 Å². The van der Waals surface area contributed by atoms with Gasteiger partial charge in [-0.3, -0.25) is 4.79 Å². The van der Waals surface area contributed by atoms with E-state index in [2.05, 4.69) is 0 Å². The summed E-state index contributed by atoms with van der Waals surface area (Å²) >= 11 is 0. The van der Waals surface area contributed by atoms with E-state index in [-0.39, 0.29) is 5.78 Å². The molecule has 1 rings (SSSR count). The molecule has 0 aliphatic heterocycles. The lowest BCUT2D eigenvalue weighted by Gasteiger charge is -2.12. The first-order valence-corrected chi connectivity index (χ1v) is 5.61. The van der Waals surface area contributed by atoms with Crippen LogP contribution in [-0.2, 0) is 0 Å². The van der Waals surface area contributed by atoms with Gasteiger partial charge in [0.05, 0.1) is 14.2 Å². The number of benzene rings is 1. The van der Waals surface area contributed by atoms with Crippen molar-refractivity contribution >= 4 is 5.78 Å². The SMILES string of the molecule is COc1ccc(C(=O)C=C(C)N(C)C)cc1OC. The molecule has 0 saturated heterocycles. The molecular weight excluding hydrogens is 230 g/mol. The van der Waals surface area contributed by atoms with Crippen molar-refractivity contribution in [2.45, 2.75) is 6.92 Å². The Labute approximate surface area is 108 Å². The first kappa shape index (κ1) is 14.1. The Morgan fingerprint density at radius 1 is 1.17 bits per heavy atom. The molecule has 0 atom stereocenters. The van der Waals surface area contributed by atoms with E-state index >= 15 is 0 Å². The van der Waals surface area contributed by atoms with E-state index in [0.29, 0.717) is 17.1 Å². The third kappa shape index (κ3) is 3.26. The van der Waals surface area contributed by atoms with Crippen molar-refractivity contribution in [2.24, 2.45) is 0 Å². The van der Waals surface area contributed by atoms with Gasteiger partial charge in [-0.15, -0.1) is 0 Å². The molecule has 0 heterocycles. The van der Waals surface area contributed by atoms with Crippen LogP contribution in [0.3, 0.4) is 0 Å². The summed E-state index contributed by atoms with van der Waals surface area (Å²) in [5.74, 6) is 1.11. The van der Waals surface area contributed by atoms with Crippen LogP contribution >= 0.6 is 0 Å². The fourth-order valence-corrected chi connectivity index (χ4v) is 1.39. The molecule has 0 N–H and O–H groups in total. The van der Waals surface area contributed by atoms with E-state index in [1.165, 1.54) is 0 Å². The smallest absolute Gasteiger partial charge is 0.187 e. The van der Waals surface area contributed by atoms with Crippen molar-refractivity contribution in [3.05, 3.63) is 35.5 Å². The summed E-state index contributed by atoms with van der Waals surface area (Å²) in [5.41, 5.74) is 1.48. The van der Waals surface area contributed by atoms with Gasteiger partial charge in [-0.2, -0.15) is 0 Å². The van der Waals surface area contributed by atoms with Crippen molar-refractivity contribution in [2.75, 3.05) is 28.3 Å². The van der Waals surface area contributed by atoms with Gasteiger partial charge in [-0.25, -0.2) is 0 Å². The second-order valence-electron chi connectivity index (χ2n) is 4.11. The van der Waals surface area contributed by atoms with Gasteiger partial charge >= 0.3 is 0 Å². The summed E-state index contributed by atoms with van der Waals surface area (Å²) in [6, 6.07) is 5.13. The van der Waals surface area contributed by atoms with E-state index in [0.717, 1.165) is 5.70 Å². The lowest BCUT2D eigenvalue weighted by atomic mass is 10.1. The first-order chi connectivity index (χ1) is 8.49. The molecule has 0 aliphatic rings. The maximum atomic E-state index is 12.0. The summed E-state index contributed by atoms with van der Waals surface area (Å²) in [4.78, 5) is 13.9. The minimum Gasteiger partial charge on any atom is -0.493 e. The van der Waals surface area contributed by atoms with Crippen LogP contribution < -0.4 is 9.47 Å². The number of hydrogen-bond donors (Lipinski definition) is 0. The molecule has 0 unspecified atom stereocenters. The van der Waals surface area contributed by atoms with Crippen molar-refractivity contribution < 1.29 is 14.3 Å². The Balaban J connectivity index is 3.04. The summed E-state index contributed by atoms with van der Waals surface area (Å²) in [6.45, 7) is 1.89. The normalized spacial score (nSPS) is 11.1. The largest absolute Gasteiger partial charge is 0.493 e. The van der Waals surface area contributed by atoms with Crippen LogP contribution in [0.15, 0.2) is 30.0 Å².